The third-order valence-corrected chi connectivity index (χ3v) is 3.44. The zero-order valence-corrected chi connectivity index (χ0v) is 12.2. The van der Waals surface area contributed by atoms with Crippen molar-refractivity contribution in [2.75, 3.05) is 0 Å². The van der Waals surface area contributed by atoms with Crippen LogP contribution in [0.15, 0.2) is 36.4 Å². The van der Waals surface area contributed by atoms with Gasteiger partial charge in [0.05, 0.1) is 5.02 Å². The van der Waals surface area contributed by atoms with Crippen LogP contribution >= 0.6 is 39.1 Å². The van der Waals surface area contributed by atoms with E-state index in [1.165, 1.54) is 12.1 Å². The maximum atomic E-state index is 13.7. The number of rotatable bonds is 3. The predicted molar refractivity (Wildman–Crippen MR) is 75.6 cm³/mol. The number of halogens is 4. The van der Waals surface area contributed by atoms with E-state index in [2.05, 4.69) is 15.9 Å². The number of benzene rings is 2. The molecule has 0 fully saturated rings. The summed E-state index contributed by atoms with van der Waals surface area (Å²) in [7, 11) is 0. The number of hydrogen-bond donors (Lipinski definition) is 0. The second kappa shape index (κ2) is 5.91. The standard InChI is InChI=1S/C13H8BrCl2FO/c14-7-8-4-5-9(15)6-12(8)18-11-3-1-2-10(16)13(11)17/h1-6H,7H2. The molecule has 18 heavy (non-hydrogen) atoms. The minimum atomic E-state index is -0.584. The van der Waals surface area contributed by atoms with Crippen molar-refractivity contribution in [1.29, 1.82) is 0 Å². The Morgan fingerprint density at radius 3 is 2.61 bits per heavy atom. The fraction of sp³-hybridized carbons (Fsp3) is 0.0769. The summed E-state index contributed by atoms with van der Waals surface area (Å²) in [5.74, 6) is -0.00725. The van der Waals surface area contributed by atoms with Crippen LogP contribution in [-0.4, -0.2) is 0 Å². The summed E-state index contributed by atoms with van der Waals surface area (Å²) in [4.78, 5) is 0. The highest BCUT2D eigenvalue weighted by Crippen LogP contribution is 2.33. The SMILES string of the molecule is Fc1c(Cl)cccc1Oc1cc(Cl)ccc1CBr. The van der Waals surface area contributed by atoms with Crippen LogP contribution in [0.1, 0.15) is 5.56 Å². The lowest BCUT2D eigenvalue weighted by atomic mass is 10.2. The lowest BCUT2D eigenvalue weighted by Gasteiger charge is -2.11. The molecule has 0 atom stereocenters. The second-order valence-electron chi connectivity index (χ2n) is 3.54. The first kappa shape index (κ1) is 13.7. The van der Waals surface area contributed by atoms with Crippen LogP contribution < -0.4 is 4.74 Å². The van der Waals surface area contributed by atoms with Crippen LogP contribution in [0.25, 0.3) is 0 Å². The second-order valence-corrected chi connectivity index (χ2v) is 4.94. The summed E-state index contributed by atoms with van der Waals surface area (Å²) in [5.41, 5.74) is 0.874. The van der Waals surface area contributed by atoms with Crippen molar-refractivity contribution in [1.82, 2.24) is 0 Å². The first-order valence-electron chi connectivity index (χ1n) is 5.08. The Kier molecular flexibility index (Phi) is 4.49. The van der Waals surface area contributed by atoms with E-state index >= 15 is 0 Å². The Morgan fingerprint density at radius 2 is 1.89 bits per heavy atom. The average molecular weight is 350 g/mol. The van der Waals surface area contributed by atoms with E-state index in [0.717, 1.165) is 5.56 Å². The summed E-state index contributed by atoms with van der Waals surface area (Å²) >= 11 is 14.9. The molecule has 5 heteroatoms. The zero-order chi connectivity index (χ0) is 13.1. The molecular weight excluding hydrogens is 342 g/mol. The van der Waals surface area contributed by atoms with Crippen molar-refractivity contribution in [3.05, 3.63) is 57.8 Å². The molecule has 0 radical (unpaired) electrons. The number of ether oxygens (including phenoxy) is 1. The number of hydrogen-bond acceptors (Lipinski definition) is 1. The highest BCUT2D eigenvalue weighted by molar-refractivity contribution is 9.08. The first-order valence-corrected chi connectivity index (χ1v) is 6.96. The third-order valence-electron chi connectivity index (χ3n) is 2.31. The summed E-state index contributed by atoms with van der Waals surface area (Å²) in [6.45, 7) is 0. The molecule has 0 saturated heterocycles. The average Bonchev–Trinajstić information content (AvgIpc) is 2.35. The van der Waals surface area contributed by atoms with Gasteiger partial charge < -0.3 is 4.74 Å². The van der Waals surface area contributed by atoms with Crippen molar-refractivity contribution < 1.29 is 9.13 Å². The van der Waals surface area contributed by atoms with Crippen LogP contribution in [0.4, 0.5) is 4.39 Å². The van der Waals surface area contributed by atoms with E-state index in [-0.39, 0.29) is 10.8 Å². The maximum Gasteiger partial charge on any atom is 0.184 e. The molecule has 0 unspecified atom stereocenters. The molecule has 0 N–H and O–H groups in total. The van der Waals surface area contributed by atoms with Crippen LogP contribution in [0.2, 0.25) is 10.0 Å². The molecule has 0 amide bonds. The molecule has 2 aromatic carbocycles. The molecule has 0 heterocycles. The topological polar surface area (TPSA) is 9.23 Å². The fourth-order valence-corrected chi connectivity index (χ4v) is 2.21. The van der Waals surface area contributed by atoms with Gasteiger partial charge in [-0.2, -0.15) is 0 Å². The van der Waals surface area contributed by atoms with Crippen LogP contribution in [-0.2, 0) is 5.33 Å². The van der Waals surface area contributed by atoms with Crippen molar-refractivity contribution in [3.8, 4) is 11.5 Å². The summed E-state index contributed by atoms with van der Waals surface area (Å²) < 4.78 is 19.2. The molecular formula is C13H8BrCl2FO. The zero-order valence-electron chi connectivity index (χ0n) is 9.09. The highest BCUT2D eigenvalue weighted by atomic mass is 79.9. The summed E-state index contributed by atoms with van der Waals surface area (Å²) in [6, 6.07) is 9.80. The van der Waals surface area contributed by atoms with E-state index in [9.17, 15) is 4.39 Å². The minimum Gasteiger partial charge on any atom is -0.454 e. The van der Waals surface area contributed by atoms with Gasteiger partial charge in [0.25, 0.3) is 0 Å². The fourth-order valence-electron chi connectivity index (χ4n) is 1.42. The molecule has 0 aliphatic rings. The third kappa shape index (κ3) is 2.97. The molecule has 1 nitrogen and oxygen atoms in total. The molecule has 0 aliphatic carbocycles. The van der Waals surface area contributed by atoms with E-state index in [4.69, 9.17) is 27.9 Å². The van der Waals surface area contributed by atoms with Crippen LogP contribution in [0, 0.1) is 5.82 Å². The van der Waals surface area contributed by atoms with Gasteiger partial charge in [0, 0.05) is 15.9 Å². The Bertz CT molecular complexity index is 575. The monoisotopic (exact) mass is 348 g/mol. The summed E-state index contributed by atoms with van der Waals surface area (Å²) in [5, 5.41) is 1.13. The van der Waals surface area contributed by atoms with Crippen molar-refractivity contribution >= 4 is 39.1 Å². The normalized spacial score (nSPS) is 10.4. The predicted octanol–water partition coefficient (Wildman–Crippen LogP) is 5.82. The first-order chi connectivity index (χ1) is 8.61. The molecule has 0 aliphatic heterocycles. The van der Waals surface area contributed by atoms with E-state index in [1.807, 2.05) is 6.07 Å². The molecule has 2 rings (SSSR count). The quantitative estimate of drug-likeness (QED) is 0.634. The van der Waals surface area contributed by atoms with Gasteiger partial charge in [0.15, 0.2) is 11.6 Å². The van der Waals surface area contributed by atoms with E-state index in [1.54, 1.807) is 18.2 Å². The smallest absolute Gasteiger partial charge is 0.184 e. The van der Waals surface area contributed by atoms with Crippen molar-refractivity contribution in [3.63, 3.8) is 0 Å². The van der Waals surface area contributed by atoms with Gasteiger partial charge >= 0.3 is 0 Å². The van der Waals surface area contributed by atoms with Gasteiger partial charge in [0.2, 0.25) is 0 Å². The minimum absolute atomic E-state index is 0.0231. The lowest BCUT2D eigenvalue weighted by molar-refractivity contribution is 0.439. The van der Waals surface area contributed by atoms with Gasteiger partial charge in [-0.15, -0.1) is 0 Å². The molecule has 2 aromatic rings. The van der Waals surface area contributed by atoms with E-state index < -0.39 is 5.82 Å². The van der Waals surface area contributed by atoms with Gasteiger partial charge in [-0.3, -0.25) is 0 Å². The lowest BCUT2D eigenvalue weighted by Crippen LogP contribution is -1.92. The molecule has 94 valence electrons. The number of alkyl halides is 1. The van der Waals surface area contributed by atoms with Gasteiger partial charge in [-0.25, -0.2) is 4.39 Å². The van der Waals surface area contributed by atoms with E-state index in [0.29, 0.717) is 16.1 Å². The van der Waals surface area contributed by atoms with Crippen LogP contribution in [0.5, 0.6) is 11.5 Å². The highest BCUT2D eigenvalue weighted by Gasteiger charge is 2.11. The molecule has 0 bridgehead atoms. The van der Waals surface area contributed by atoms with Crippen LogP contribution in [0.3, 0.4) is 0 Å². The Balaban J connectivity index is 2.39. The Labute approximate surface area is 123 Å². The largest absolute Gasteiger partial charge is 0.454 e. The van der Waals surface area contributed by atoms with Crippen molar-refractivity contribution in [2.24, 2.45) is 0 Å². The van der Waals surface area contributed by atoms with Gasteiger partial charge in [-0.05, 0) is 24.3 Å². The van der Waals surface area contributed by atoms with Gasteiger partial charge in [0.1, 0.15) is 5.75 Å². The Hall–Kier alpha value is -0.770. The van der Waals surface area contributed by atoms with Gasteiger partial charge in [-0.1, -0.05) is 51.3 Å². The molecule has 0 aromatic heterocycles. The Morgan fingerprint density at radius 1 is 1.11 bits per heavy atom. The maximum absolute atomic E-state index is 13.7. The molecule has 0 saturated carbocycles. The molecule has 0 spiro atoms. The summed E-state index contributed by atoms with van der Waals surface area (Å²) in [6.07, 6.45) is 0. The van der Waals surface area contributed by atoms with Crippen molar-refractivity contribution in [2.45, 2.75) is 5.33 Å².